The van der Waals surface area contributed by atoms with E-state index in [0.717, 1.165) is 59.9 Å². The molecule has 1 aliphatic rings. The topological polar surface area (TPSA) is 67.1 Å². The molecule has 0 bridgehead atoms. The first-order valence-electron chi connectivity index (χ1n) is 10.1. The number of piperidine rings is 1. The van der Waals surface area contributed by atoms with Gasteiger partial charge in [-0.2, -0.15) is 0 Å². The number of hydrogen-bond donors (Lipinski definition) is 1. The predicted molar refractivity (Wildman–Crippen MR) is 110 cm³/mol. The fourth-order valence-corrected chi connectivity index (χ4v) is 4.65. The summed E-state index contributed by atoms with van der Waals surface area (Å²) < 4.78 is 7.39. The molecule has 0 amide bonds. The van der Waals surface area contributed by atoms with E-state index in [0.29, 0.717) is 5.92 Å². The summed E-state index contributed by atoms with van der Waals surface area (Å²) >= 11 is 0. The summed E-state index contributed by atoms with van der Waals surface area (Å²) in [5.74, 6) is 0.345. The number of fused-ring (bicyclic) bond motifs is 2. The van der Waals surface area contributed by atoms with Crippen molar-refractivity contribution in [2.45, 2.75) is 44.6 Å². The minimum atomic E-state index is -0.0624. The lowest BCUT2D eigenvalue weighted by Gasteiger charge is -2.40. The van der Waals surface area contributed by atoms with Crippen LogP contribution in [0.2, 0.25) is 0 Å². The van der Waals surface area contributed by atoms with Crippen molar-refractivity contribution >= 4 is 22.0 Å². The Bertz CT molecular complexity index is 1170. The van der Waals surface area contributed by atoms with Crippen molar-refractivity contribution in [3.63, 3.8) is 0 Å². The number of benzene rings is 2. The van der Waals surface area contributed by atoms with Crippen LogP contribution >= 0.6 is 0 Å². The normalized spacial score (nSPS) is 20.2. The maximum Gasteiger partial charge on any atom is 0.345 e. The van der Waals surface area contributed by atoms with Crippen LogP contribution in [0.1, 0.15) is 44.2 Å². The Morgan fingerprint density at radius 2 is 2.00 bits per heavy atom. The highest BCUT2D eigenvalue weighted by Crippen LogP contribution is 2.35. The van der Waals surface area contributed by atoms with Crippen molar-refractivity contribution in [1.29, 1.82) is 0 Å². The number of nitrogens with zero attached hydrogens (tertiary/aromatic N) is 3. The zero-order valence-corrected chi connectivity index (χ0v) is 16.0. The first kappa shape index (κ1) is 17.1. The molecule has 3 heterocycles. The van der Waals surface area contributed by atoms with Crippen molar-refractivity contribution in [3.8, 4) is 0 Å². The second-order valence-corrected chi connectivity index (χ2v) is 7.65. The molecule has 144 valence electrons. The third-order valence-electron chi connectivity index (χ3n) is 5.92. The van der Waals surface area contributed by atoms with E-state index in [1.165, 1.54) is 0 Å². The summed E-state index contributed by atoms with van der Waals surface area (Å²) in [5.41, 5.74) is 3.67. The first-order valence-corrected chi connectivity index (χ1v) is 10.1. The molecule has 2 aromatic heterocycles. The lowest BCUT2D eigenvalue weighted by atomic mass is 9.86. The zero-order valence-electron chi connectivity index (χ0n) is 16.0. The van der Waals surface area contributed by atoms with Gasteiger partial charge in [0.25, 0.3) is 0 Å². The molecule has 2 atom stereocenters. The van der Waals surface area contributed by atoms with Crippen LogP contribution in [-0.4, -0.2) is 27.4 Å². The van der Waals surface area contributed by atoms with E-state index in [1.54, 1.807) is 0 Å². The highest BCUT2D eigenvalue weighted by Gasteiger charge is 2.33. The molecule has 0 aliphatic carbocycles. The predicted octanol–water partition coefficient (Wildman–Crippen LogP) is 4.16. The van der Waals surface area contributed by atoms with Crippen LogP contribution < -0.4 is 10.7 Å². The first-order chi connectivity index (χ1) is 13.8. The van der Waals surface area contributed by atoms with E-state index in [9.17, 15) is 4.79 Å². The fourth-order valence-electron chi connectivity index (χ4n) is 4.65. The van der Waals surface area contributed by atoms with Crippen molar-refractivity contribution in [1.82, 2.24) is 14.8 Å². The summed E-state index contributed by atoms with van der Waals surface area (Å²) in [6.45, 7) is 3.02. The Kier molecular flexibility index (Phi) is 4.19. The number of nitrogens with one attached hydrogen (secondary N) is 1. The molecule has 0 radical (unpaired) electrons. The number of H-pyrrole nitrogens is 1. The van der Waals surface area contributed by atoms with Gasteiger partial charge in [-0.1, -0.05) is 42.8 Å². The molecule has 1 N–H and O–H groups in total. The van der Waals surface area contributed by atoms with Gasteiger partial charge in [0.1, 0.15) is 0 Å². The summed E-state index contributed by atoms with van der Waals surface area (Å²) in [6.07, 6.45) is 4.03. The van der Waals surface area contributed by atoms with Gasteiger partial charge in [-0.3, -0.25) is 0 Å². The van der Waals surface area contributed by atoms with Gasteiger partial charge in [-0.25, -0.2) is 9.47 Å². The van der Waals surface area contributed by atoms with Gasteiger partial charge in [0.15, 0.2) is 5.58 Å². The maximum atomic E-state index is 12.7. The van der Waals surface area contributed by atoms with Crippen molar-refractivity contribution in [2.75, 3.05) is 11.6 Å². The quantitative estimate of drug-likeness (QED) is 0.581. The highest BCUT2D eigenvalue weighted by molar-refractivity contribution is 5.80. The lowest BCUT2D eigenvalue weighted by molar-refractivity contribution is 0.322. The van der Waals surface area contributed by atoms with Crippen LogP contribution in [0.5, 0.6) is 0 Å². The van der Waals surface area contributed by atoms with E-state index < -0.39 is 0 Å². The fraction of sp³-hybridized carbons (Fsp3) is 0.364. The van der Waals surface area contributed by atoms with Gasteiger partial charge in [-0.05, 0) is 43.5 Å². The molecule has 28 heavy (non-hydrogen) atoms. The Balaban J connectivity index is 1.50. The monoisotopic (exact) mass is 376 g/mol. The molecular weight excluding hydrogens is 352 g/mol. The van der Waals surface area contributed by atoms with Crippen LogP contribution in [0.3, 0.4) is 0 Å². The van der Waals surface area contributed by atoms with Gasteiger partial charge in [-0.15, -0.1) is 0 Å². The van der Waals surface area contributed by atoms with Crippen LogP contribution in [0.25, 0.3) is 22.0 Å². The van der Waals surface area contributed by atoms with Gasteiger partial charge in [0, 0.05) is 23.9 Å². The second kappa shape index (κ2) is 6.86. The number of aromatic nitrogens is 3. The van der Waals surface area contributed by atoms with E-state index >= 15 is 0 Å². The van der Waals surface area contributed by atoms with E-state index in [2.05, 4.69) is 28.1 Å². The Hall–Kier alpha value is -3.02. The van der Waals surface area contributed by atoms with Gasteiger partial charge in [0.05, 0.1) is 16.7 Å². The van der Waals surface area contributed by atoms with Crippen LogP contribution in [0, 0.1) is 0 Å². The molecule has 1 aliphatic heterocycles. The molecule has 4 aromatic rings. The largest absolute Gasteiger partial charge is 0.356 e. The average molecular weight is 376 g/mol. The molecule has 1 saturated heterocycles. The minimum Gasteiger partial charge on any atom is -0.356 e. The summed E-state index contributed by atoms with van der Waals surface area (Å²) in [5, 5.41) is 7.77. The van der Waals surface area contributed by atoms with Gasteiger partial charge >= 0.3 is 5.69 Å². The molecule has 2 aromatic carbocycles. The summed E-state index contributed by atoms with van der Waals surface area (Å²) in [4.78, 5) is 15.7. The SMILES string of the molecule is CCCC1CC(c2noc3ccccc23)CCN1n1c(=O)[nH]c2ccccc21. The third-order valence-corrected chi connectivity index (χ3v) is 5.92. The van der Waals surface area contributed by atoms with Gasteiger partial charge in [0.2, 0.25) is 0 Å². The van der Waals surface area contributed by atoms with E-state index in [-0.39, 0.29) is 11.7 Å². The Morgan fingerprint density at radius 3 is 2.89 bits per heavy atom. The van der Waals surface area contributed by atoms with Crippen LogP contribution in [0.15, 0.2) is 57.8 Å². The summed E-state index contributed by atoms with van der Waals surface area (Å²) in [6, 6.07) is 16.3. The molecule has 0 saturated carbocycles. The van der Waals surface area contributed by atoms with E-state index in [4.69, 9.17) is 4.52 Å². The number of para-hydroxylation sites is 3. The second-order valence-electron chi connectivity index (χ2n) is 7.65. The highest BCUT2D eigenvalue weighted by atomic mass is 16.5. The Morgan fingerprint density at radius 1 is 1.18 bits per heavy atom. The third kappa shape index (κ3) is 2.71. The van der Waals surface area contributed by atoms with Crippen LogP contribution in [-0.2, 0) is 0 Å². The summed E-state index contributed by atoms with van der Waals surface area (Å²) in [7, 11) is 0. The molecule has 6 nitrogen and oxygen atoms in total. The van der Waals surface area contributed by atoms with E-state index in [1.807, 2.05) is 47.1 Å². The maximum absolute atomic E-state index is 12.7. The molecule has 1 fully saturated rings. The Labute approximate surface area is 162 Å². The van der Waals surface area contributed by atoms with Gasteiger partial charge < -0.3 is 14.5 Å². The molecule has 0 spiro atoms. The average Bonchev–Trinajstić information content (AvgIpc) is 3.29. The molecule has 2 unspecified atom stereocenters. The zero-order chi connectivity index (χ0) is 19.1. The standard InChI is InChI=1S/C22H24N4O2/c1-2-7-16-14-15(21-17-8-3-6-11-20(17)28-24-21)12-13-25(16)26-19-10-5-4-9-18(19)23-22(26)27/h3-6,8-11,15-16H,2,7,12-14H2,1H3,(H,23,27). The number of aromatic amines is 1. The number of hydrogen-bond acceptors (Lipinski definition) is 4. The van der Waals surface area contributed by atoms with Crippen molar-refractivity contribution < 1.29 is 4.52 Å². The number of rotatable bonds is 4. The smallest absolute Gasteiger partial charge is 0.345 e. The molecule has 5 rings (SSSR count). The minimum absolute atomic E-state index is 0.0624. The lowest BCUT2D eigenvalue weighted by Crippen LogP contribution is -2.52. The van der Waals surface area contributed by atoms with Crippen molar-refractivity contribution in [2.24, 2.45) is 0 Å². The van der Waals surface area contributed by atoms with Crippen molar-refractivity contribution in [3.05, 3.63) is 64.7 Å². The van der Waals surface area contributed by atoms with Crippen LogP contribution in [0.4, 0.5) is 0 Å². The molecular formula is C22H24N4O2. The number of imidazole rings is 1. The molecule has 6 heteroatoms.